The third-order valence-corrected chi connectivity index (χ3v) is 1.85. The molecule has 0 saturated carbocycles. The molecule has 1 rings (SSSR count). The summed E-state index contributed by atoms with van der Waals surface area (Å²) in [6.07, 6.45) is -0.808. The van der Waals surface area contributed by atoms with Crippen LogP contribution in [0.2, 0.25) is 0 Å². The van der Waals surface area contributed by atoms with Gasteiger partial charge in [-0.15, -0.1) is 0 Å². The molecular formula is C12H11N3O2. The van der Waals surface area contributed by atoms with Crippen LogP contribution in [0.5, 0.6) is 0 Å². The summed E-state index contributed by atoms with van der Waals surface area (Å²) in [7, 11) is 0. The third kappa shape index (κ3) is 3.51. The zero-order valence-corrected chi connectivity index (χ0v) is 9.52. The van der Waals surface area contributed by atoms with E-state index in [0.29, 0.717) is 5.69 Å². The number of nitrogens with zero attached hydrogens (tertiary/aromatic N) is 2. The summed E-state index contributed by atoms with van der Waals surface area (Å²) in [5.74, 6) is 0. The highest BCUT2D eigenvalue weighted by Crippen LogP contribution is 2.14. The molecule has 0 aliphatic heterocycles. The topological polar surface area (TPSA) is 85.9 Å². The van der Waals surface area contributed by atoms with E-state index in [-0.39, 0.29) is 17.2 Å². The maximum Gasteiger partial charge on any atom is 0.411 e. The summed E-state index contributed by atoms with van der Waals surface area (Å²) in [5, 5.41) is 20.0. The maximum absolute atomic E-state index is 11.3. The standard InChI is InChI=1S/C12H11N3O2/c1-8(2)17-12(16)15-11-4-3-9(6-13)10(5-11)7-14/h3-5,8H,1-2H3,(H,15,16). The summed E-state index contributed by atoms with van der Waals surface area (Å²) in [6, 6.07) is 8.23. The van der Waals surface area contributed by atoms with Crippen LogP contribution in [0.25, 0.3) is 0 Å². The first-order valence-electron chi connectivity index (χ1n) is 4.98. The monoisotopic (exact) mass is 229 g/mol. The van der Waals surface area contributed by atoms with Crippen molar-refractivity contribution in [3.05, 3.63) is 29.3 Å². The zero-order valence-electron chi connectivity index (χ0n) is 9.52. The molecule has 0 heterocycles. The Morgan fingerprint density at radius 3 is 2.47 bits per heavy atom. The van der Waals surface area contributed by atoms with Crippen molar-refractivity contribution in [2.75, 3.05) is 5.32 Å². The first kappa shape index (κ1) is 12.5. The van der Waals surface area contributed by atoms with E-state index in [1.807, 2.05) is 12.1 Å². The first-order chi connectivity index (χ1) is 8.06. The lowest BCUT2D eigenvalue weighted by atomic mass is 10.1. The number of benzene rings is 1. The van der Waals surface area contributed by atoms with Crippen LogP contribution in [0.15, 0.2) is 18.2 Å². The van der Waals surface area contributed by atoms with Crippen LogP contribution < -0.4 is 5.32 Å². The highest BCUT2D eigenvalue weighted by molar-refractivity contribution is 5.85. The average molecular weight is 229 g/mol. The fourth-order valence-electron chi connectivity index (χ4n) is 1.17. The summed E-state index contributed by atoms with van der Waals surface area (Å²) in [6.45, 7) is 3.47. The van der Waals surface area contributed by atoms with Gasteiger partial charge in [0.2, 0.25) is 0 Å². The summed E-state index contributed by atoms with van der Waals surface area (Å²) >= 11 is 0. The van der Waals surface area contributed by atoms with Gasteiger partial charge in [0.05, 0.1) is 17.2 Å². The van der Waals surface area contributed by atoms with Crippen molar-refractivity contribution in [1.29, 1.82) is 10.5 Å². The molecule has 0 radical (unpaired) electrons. The van der Waals surface area contributed by atoms with Gasteiger partial charge in [0.1, 0.15) is 12.1 Å². The van der Waals surface area contributed by atoms with Crippen molar-refractivity contribution in [1.82, 2.24) is 0 Å². The third-order valence-electron chi connectivity index (χ3n) is 1.85. The van der Waals surface area contributed by atoms with E-state index in [0.717, 1.165) is 0 Å². The maximum atomic E-state index is 11.3. The van der Waals surface area contributed by atoms with E-state index in [1.165, 1.54) is 12.1 Å². The van der Waals surface area contributed by atoms with E-state index in [9.17, 15) is 4.79 Å². The lowest BCUT2D eigenvalue weighted by molar-refractivity contribution is 0.130. The molecule has 17 heavy (non-hydrogen) atoms. The molecule has 1 aromatic carbocycles. The fourth-order valence-corrected chi connectivity index (χ4v) is 1.17. The van der Waals surface area contributed by atoms with Crippen molar-refractivity contribution in [3.8, 4) is 12.1 Å². The highest BCUT2D eigenvalue weighted by Gasteiger charge is 2.08. The molecule has 0 spiro atoms. The highest BCUT2D eigenvalue weighted by atomic mass is 16.6. The zero-order chi connectivity index (χ0) is 12.8. The quantitative estimate of drug-likeness (QED) is 0.843. The van der Waals surface area contributed by atoms with Crippen molar-refractivity contribution in [3.63, 3.8) is 0 Å². The van der Waals surface area contributed by atoms with Gasteiger partial charge in [-0.05, 0) is 32.0 Å². The Kier molecular flexibility index (Phi) is 4.08. The van der Waals surface area contributed by atoms with Gasteiger partial charge in [-0.3, -0.25) is 5.32 Å². The van der Waals surface area contributed by atoms with Gasteiger partial charge in [0.15, 0.2) is 0 Å². The normalized spacial score (nSPS) is 9.24. The van der Waals surface area contributed by atoms with Crippen LogP contribution in [0.3, 0.4) is 0 Å². The molecule has 5 heteroatoms. The minimum atomic E-state index is -0.589. The van der Waals surface area contributed by atoms with Gasteiger partial charge in [-0.1, -0.05) is 0 Å². The van der Waals surface area contributed by atoms with Crippen molar-refractivity contribution >= 4 is 11.8 Å². The Labute approximate surface area is 99.2 Å². The Morgan fingerprint density at radius 2 is 1.94 bits per heavy atom. The average Bonchev–Trinajstić information content (AvgIpc) is 2.27. The SMILES string of the molecule is CC(C)OC(=O)Nc1ccc(C#N)c(C#N)c1. The molecule has 0 atom stereocenters. The summed E-state index contributed by atoms with van der Waals surface area (Å²) in [4.78, 5) is 11.3. The van der Waals surface area contributed by atoms with Crippen molar-refractivity contribution < 1.29 is 9.53 Å². The van der Waals surface area contributed by atoms with Crippen LogP contribution in [-0.2, 0) is 4.74 Å². The van der Waals surface area contributed by atoms with E-state index in [4.69, 9.17) is 15.3 Å². The number of anilines is 1. The molecule has 1 N–H and O–H groups in total. The van der Waals surface area contributed by atoms with Gasteiger partial charge in [0, 0.05) is 5.69 Å². The molecule has 1 amide bonds. The number of hydrogen-bond acceptors (Lipinski definition) is 4. The molecule has 0 bridgehead atoms. The smallest absolute Gasteiger partial charge is 0.411 e. The van der Waals surface area contributed by atoms with Crippen LogP contribution in [-0.4, -0.2) is 12.2 Å². The molecule has 0 aliphatic rings. The second kappa shape index (κ2) is 5.53. The van der Waals surface area contributed by atoms with Gasteiger partial charge in [-0.2, -0.15) is 10.5 Å². The fraction of sp³-hybridized carbons (Fsp3) is 0.250. The van der Waals surface area contributed by atoms with Gasteiger partial charge < -0.3 is 4.74 Å². The minimum absolute atomic E-state index is 0.217. The van der Waals surface area contributed by atoms with Crippen LogP contribution in [0, 0.1) is 22.7 Å². The number of hydrogen-bond donors (Lipinski definition) is 1. The molecule has 1 aromatic rings. The molecule has 0 fully saturated rings. The van der Waals surface area contributed by atoms with Crippen molar-refractivity contribution in [2.24, 2.45) is 0 Å². The minimum Gasteiger partial charge on any atom is -0.447 e. The van der Waals surface area contributed by atoms with Crippen LogP contribution in [0.1, 0.15) is 25.0 Å². The first-order valence-corrected chi connectivity index (χ1v) is 4.98. The van der Waals surface area contributed by atoms with Gasteiger partial charge in [0.25, 0.3) is 0 Å². The number of ether oxygens (including phenoxy) is 1. The Bertz CT molecular complexity index is 509. The van der Waals surface area contributed by atoms with E-state index in [1.54, 1.807) is 19.9 Å². The van der Waals surface area contributed by atoms with E-state index in [2.05, 4.69) is 5.32 Å². The largest absolute Gasteiger partial charge is 0.447 e. The molecule has 0 unspecified atom stereocenters. The van der Waals surface area contributed by atoms with Gasteiger partial charge in [-0.25, -0.2) is 4.79 Å². The summed E-state index contributed by atoms with van der Waals surface area (Å²) in [5.41, 5.74) is 0.913. The molecule has 5 nitrogen and oxygen atoms in total. The van der Waals surface area contributed by atoms with E-state index >= 15 is 0 Å². The number of nitrogens with one attached hydrogen (secondary N) is 1. The lowest BCUT2D eigenvalue weighted by Crippen LogP contribution is -2.18. The van der Waals surface area contributed by atoms with E-state index < -0.39 is 6.09 Å². The molecule has 0 aromatic heterocycles. The summed E-state index contributed by atoms with van der Waals surface area (Å²) < 4.78 is 4.89. The van der Waals surface area contributed by atoms with Crippen molar-refractivity contribution in [2.45, 2.75) is 20.0 Å². The number of nitriles is 2. The Morgan fingerprint density at radius 1 is 1.29 bits per heavy atom. The lowest BCUT2D eigenvalue weighted by Gasteiger charge is -2.09. The Hall–Kier alpha value is -2.53. The predicted molar refractivity (Wildman–Crippen MR) is 61.1 cm³/mol. The van der Waals surface area contributed by atoms with Crippen LogP contribution in [0.4, 0.5) is 10.5 Å². The molecule has 0 saturated heterocycles. The Balaban J connectivity index is 2.85. The predicted octanol–water partition coefficient (Wildman–Crippen LogP) is 2.39. The second-order valence-corrected chi connectivity index (χ2v) is 3.56. The van der Waals surface area contributed by atoms with Gasteiger partial charge >= 0.3 is 6.09 Å². The second-order valence-electron chi connectivity index (χ2n) is 3.56. The molecule has 86 valence electrons. The number of carbonyl (C=O) groups is 1. The number of carbonyl (C=O) groups excluding carboxylic acids is 1. The number of rotatable bonds is 2. The number of amides is 1. The molecular weight excluding hydrogens is 218 g/mol. The van der Waals surface area contributed by atoms with Crippen LogP contribution >= 0.6 is 0 Å². The molecule has 0 aliphatic carbocycles.